The Hall–Kier alpha value is -0.330. The van der Waals surface area contributed by atoms with Gasteiger partial charge in [0.2, 0.25) is 10.0 Å². The molecule has 0 aliphatic heterocycles. The summed E-state index contributed by atoms with van der Waals surface area (Å²) in [5, 5.41) is 0.522. The fourth-order valence-corrected chi connectivity index (χ4v) is 3.62. The molecule has 1 atom stereocenters. The van der Waals surface area contributed by atoms with Crippen LogP contribution >= 0.6 is 24.0 Å². The highest BCUT2D eigenvalue weighted by Crippen LogP contribution is 2.36. The van der Waals surface area contributed by atoms with Gasteiger partial charge in [-0.25, -0.2) is 8.42 Å². The van der Waals surface area contributed by atoms with Crippen LogP contribution in [0.2, 0.25) is 5.02 Å². The van der Waals surface area contributed by atoms with Crippen molar-refractivity contribution in [3.63, 3.8) is 0 Å². The van der Waals surface area contributed by atoms with Gasteiger partial charge in [0, 0.05) is 24.7 Å². The first kappa shape index (κ1) is 16.7. The summed E-state index contributed by atoms with van der Waals surface area (Å²) in [5.41, 5.74) is 5.69. The van der Waals surface area contributed by atoms with E-state index < -0.39 is 10.0 Å². The average Bonchev–Trinajstić information content (AvgIpc) is 3.15. The van der Waals surface area contributed by atoms with Crippen LogP contribution in [0.3, 0.4) is 0 Å². The molecule has 0 saturated heterocycles. The van der Waals surface area contributed by atoms with Gasteiger partial charge in [-0.1, -0.05) is 11.6 Å². The molecule has 0 radical (unpaired) electrons. The van der Waals surface area contributed by atoms with Crippen LogP contribution in [0.15, 0.2) is 29.2 Å². The average molecular weight is 325 g/mol. The Morgan fingerprint density at radius 1 is 1.37 bits per heavy atom. The third kappa shape index (κ3) is 3.61. The minimum Gasteiger partial charge on any atom is -0.329 e. The van der Waals surface area contributed by atoms with E-state index in [9.17, 15) is 8.42 Å². The molecular formula is C12H18Cl2N2O2S. The molecule has 1 aliphatic carbocycles. The van der Waals surface area contributed by atoms with Gasteiger partial charge in [-0.15, -0.1) is 12.4 Å². The van der Waals surface area contributed by atoms with Crippen molar-refractivity contribution in [3.8, 4) is 0 Å². The third-order valence-electron chi connectivity index (χ3n) is 3.37. The lowest BCUT2D eigenvalue weighted by Crippen LogP contribution is -2.43. The number of benzene rings is 1. The molecule has 1 unspecified atom stereocenters. The van der Waals surface area contributed by atoms with Gasteiger partial charge in [-0.05, 0) is 43.0 Å². The zero-order valence-electron chi connectivity index (χ0n) is 10.6. The molecule has 0 amide bonds. The summed E-state index contributed by atoms with van der Waals surface area (Å²) in [4.78, 5) is 0.258. The molecule has 1 aromatic carbocycles. The van der Waals surface area contributed by atoms with Crippen LogP contribution in [0.1, 0.15) is 12.8 Å². The van der Waals surface area contributed by atoms with Crippen molar-refractivity contribution in [1.82, 2.24) is 4.31 Å². The van der Waals surface area contributed by atoms with Gasteiger partial charge < -0.3 is 5.73 Å². The van der Waals surface area contributed by atoms with Crippen molar-refractivity contribution >= 4 is 34.0 Å². The number of likely N-dealkylation sites (N-methyl/N-ethyl adjacent to an activating group) is 1. The summed E-state index contributed by atoms with van der Waals surface area (Å²) >= 11 is 5.76. The van der Waals surface area contributed by atoms with Crippen molar-refractivity contribution in [2.45, 2.75) is 23.8 Å². The smallest absolute Gasteiger partial charge is 0.243 e. The Morgan fingerprint density at radius 2 is 1.89 bits per heavy atom. The van der Waals surface area contributed by atoms with Crippen LogP contribution < -0.4 is 5.73 Å². The first-order valence-corrected chi connectivity index (χ1v) is 7.72. The lowest BCUT2D eigenvalue weighted by Gasteiger charge is -2.26. The zero-order valence-corrected chi connectivity index (χ0v) is 13.0. The van der Waals surface area contributed by atoms with E-state index >= 15 is 0 Å². The van der Waals surface area contributed by atoms with Gasteiger partial charge in [-0.2, -0.15) is 4.31 Å². The quantitative estimate of drug-likeness (QED) is 0.902. The van der Waals surface area contributed by atoms with E-state index in [0.717, 1.165) is 12.8 Å². The van der Waals surface area contributed by atoms with Crippen molar-refractivity contribution in [2.24, 2.45) is 11.7 Å². The van der Waals surface area contributed by atoms with E-state index in [4.69, 9.17) is 17.3 Å². The van der Waals surface area contributed by atoms with Crippen LogP contribution in [0.5, 0.6) is 0 Å². The molecular weight excluding hydrogens is 307 g/mol. The van der Waals surface area contributed by atoms with E-state index in [-0.39, 0.29) is 23.3 Å². The van der Waals surface area contributed by atoms with E-state index in [2.05, 4.69) is 0 Å². The monoisotopic (exact) mass is 324 g/mol. The van der Waals surface area contributed by atoms with Crippen LogP contribution in [-0.2, 0) is 10.0 Å². The molecule has 1 fully saturated rings. The summed E-state index contributed by atoms with van der Waals surface area (Å²) < 4.78 is 26.2. The Morgan fingerprint density at radius 3 is 2.32 bits per heavy atom. The molecule has 19 heavy (non-hydrogen) atoms. The van der Waals surface area contributed by atoms with Crippen molar-refractivity contribution in [3.05, 3.63) is 29.3 Å². The largest absolute Gasteiger partial charge is 0.329 e. The van der Waals surface area contributed by atoms with Crippen molar-refractivity contribution in [2.75, 3.05) is 13.6 Å². The molecule has 108 valence electrons. The Balaban J connectivity index is 0.00000180. The fraction of sp³-hybridized carbons (Fsp3) is 0.500. The Bertz CT molecular complexity index is 515. The lowest BCUT2D eigenvalue weighted by atomic mass is 10.2. The first-order valence-electron chi connectivity index (χ1n) is 5.90. The topological polar surface area (TPSA) is 63.4 Å². The second-order valence-corrected chi connectivity index (χ2v) is 7.05. The molecule has 2 rings (SSSR count). The molecule has 1 saturated carbocycles. The first-order chi connectivity index (χ1) is 8.46. The number of nitrogens with two attached hydrogens (primary N) is 1. The van der Waals surface area contributed by atoms with Gasteiger partial charge in [0.25, 0.3) is 0 Å². The highest BCUT2D eigenvalue weighted by molar-refractivity contribution is 7.89. The maximum absolute atomic E-state index is 12.4. The van der Waals surface area contributed by atoms with Gasteiger partial charge >= 0.3 is 0 Å². The summed E-state index contributed by atoms with van der Waals surface area (Å²) in [6.07, 6.45) is 2.12. The summed E-state index contributed by atoms with van der Waals surface area (Å²) in [5.74, 6) is 0.405. The predicted molar refractivity (Wildman–Crippen MR) is 79.2 cm³/mol. The molecule has 1 aliphatic rings. The van der Waals surface area contributed by atoms with Crippen LogP contribution in [0, 0.1) is 5.92 Å². The minimum absolute atomic E-state index is 0. The maximum atomic E-state index is 12.4. The maximum Gasteiger partial charge on any atom is 0.243 e. The van der Waals surface area contributed by atoms with E-state index in [1.54, 1.807) is 19.2 Å². The van der Waals surface area contributed by atoms with Crippen LogP contribution in [0.4, 0.5) is 0 Å². The predicted octanol–water partition coefficient (Wildman–Crippen LogP) is 2.12. The molecule has 4 nitrogen and oxygen atoms in total. The number of nitrogens with zero attached hydrogens (tertiary/aromatic N) is 1. The standard InChI is InChI=1S/C12H17ClN2O2S.ClH/c1-15(12(8-14)9-2-3-9)18(16,17)11-6-4-10(13)5-7-11;/h4-7,9,12H,2-3,8,14H2,1H3;1H. The number of hydrogen-bond donors (Lipinski definition) is 1. The van der Waals surface area contributed by atoms with Gasteiger partial charge in [0.05, 0.1) is 4.90 Å². The van der Waals surface area contributed by atoms with Gasteiger partial charge in [0.15, 0.2) is 0 Å². The van der Waals surface area contributed by atoms with Crippen molar-refractivity contribution in [1.29, 1.82) is 0 Å². The fourth-order valence-electron chi connectivity index (χ4n) is 2.07. The van der Waals surface area contributed by atoms with E-state index in [0.29, 0.717) is 17.5 Å². The second-order valence-electron chi connectivity index (χ2n) is 4.62. The Labute approximate surface area is 125 Å². The molecule has 0 spiro atoms. The van der Waals surface area contributed by atoms with E-state index in [1.165, 1.54) is 16.4 Å². The molecule has 2 N–H and O–H groups in total. The highest BCUT2D eigenvalue weighted by Gasteiger charge is 2.38. The lowest BCUT2D eigenvalue weighted by molar-refractivity contribution is 0.340. The second kappa shape index (κ2) is 6.41. The van der Waals surface area contributed by atoms with Gasteiger partial charge in [-0.3, -0.25) is 0 Å². The zero-order chi connectivity index (χ0) is 13.3. The number of halogens is 2. The number of hydrogen-bond acceptors (Lipinski definition) is 3. The Kier molecular flexibility index (Phi) is 5.65. The summed E-state index contributed by atoms with van der Waals surface area (Å²) in [6, 6.07) is 6.10. The minimum atomic E-state index is -3.48. The van der Waals surface area contributed by atoms with Gasteiger partial charge in [0.1, 0.15) is 0 Å². The molecule has 0 aromatic heterocycles. The third-order valence-corrected chi connectivity index (χ3v) is 5.51. The van der Waals surface area contributed by atoms with Crippen LogP contribution in [-0.4, -0.2) is 32.4 Å². The highest BCUT2D eigenvalue weighted by atomic mass is 35.5. The molecule has 1 aromatic rings. The normalized spacial score (nSPS) is 17.1. The SMILES string of the molecule is CN(C(CN)C1CC1)S(=O)(=O)c1ccc(Cl)cc1.Cl. The number of rotatable bonds is 5. The summed E-state index contributed by atoms with van der Waals surface area (Å²) in [7, 11) is -1.88. The molecule has 7 heteroatoms. The molecule has 0 bridgehead atoms. The summed E-state index contributed by atoms with van der Waals surface area (Å²) in [6.45, 7) is 0.355. The van der Waals surface area contributed by atoms with Crippen LogP contribution in [0.25, 0.3) is 0 Å². The van der Waals surface area contributed by atoms with Crippen molar-refractivity contribution < 1.29 is 8.42 Å². The molecule has 0 heterocycles. The van der Waals surface area contributed by atoms with E-state index in [1.807, 2.05) is 0 Å². The number of sulfonamides is 1.